The highest BCUT2D eigenvalue weighted by atomic mass is 35.5. The van der Waals surface area contributed by atoms with Gasteiger partial charge in [-0.2, -0.15) is 5.01 Å². The van der Waals surface area contributed by atoms with Crippen molar-refractivity contribution in [1.29, 1.82) is 0 Å². The van der Waals surface area contributed by atoms with E-state index in [-0.39, 0.29) is 5.75 Å². The van der Waals surface area contributed by atoms with Gasteiger partial charge in [0.25, 0.3) is 5.91 Å². The van der Waals surface area contributed by atoms with Crippen molar-refractivity contribution in [2.75, 3.05) is 10.8 Å². The summed E-state index contributed by atoms with van der Waals surface area (Å²) >= 11 is 7.01. The summed E-state index contributed by atoms with van der Waals surface area (Å²) < 4.78 is 0. The Morgan fingerprint density at radius 1 is 0.903 bits per heavy atom. The minimum atomic E-state index is -1.12. The third-order valence-electron chi connectivity index (χ3n) is 5.25. The van der Waals surface area contributed by atoms with E-state index in [4.69, 9.17) is 11.6 Å². The number of amides is 3. The number of carbonyl (C=O) groups excluding carboxylic acids is 3. The third-order valence-corrected chi connectivity index (χ3v) is 6.49. The standard InChI is InChI=1S/C24H19ClN2O3S/c1-17(28)26(21-14-12-20(25)13-15-21)27-22(29)24(16-31-23(27)30,18-8-4-2-5-9-18)19-10-6-3-7-11-19/h2-15H,16H2,1H3. The van der Waals surface area contributed by atoms with Crippen LogP contribution in [0.2, 0.25) is 5.02 Å². The van der Waals surface area contributed by atoms with Crippen LogP contribution in [0.25, 0.3) is 0 Å². The lowest BCUT2D eigenvalue weighted by Gasteiger charge is -2.44. The van der Waals surface area contributed by atoms with E-state index in [9.17, 15) is 14.4 Å². The maximum Gasteiger partial charge on any atom is 0.307 e. The summed E-state index contributed by atoms with van der Waals surface area (Å²) in [5.74, 6) is -0.693. The van der Waals surface area contributed by atoms with E-state index < -0.39 is 22.5 Å². The maximum atomic E-state index is 14.1. The van der Waals surface area contributed by atoms with Gasteiger partial charge in [0.05, 0.1) is 5.69 Å². The fraction of sp³-hybridized carbons (Fsp3) is 0.125. The molecule has 1 fully saturated rings. The van der Waals surface area contributed by atoms with Crippen molar-refractivity contribution in [2.24, 2.45) is 0 Å². The van der Waals surface area contributed by atoms with Gasteiger partial charge in [-0.05, 0) is 35.4 Å². The van der Waals surface area contributed by atoms with Gasteiger partial charge in [-0.15, -0.1) is 0 Å². The number of halogens is 1. The number of nitrogens with zero attached hydrogens (tertiary/aromatic N) is 2. The minimum absolute atomic E-state index is 0.238. The Kier molecular flexibility index (Phi) is 5.85. The smallest absolute Gasteiger partial charge is 0.273 e. The van der Waals surface area contributed by atoms with Gasteiger partial charge in [-0.25, -0.2) is 5.01 Å². The van der Waals surface area contributed by atoms with Gasteiger partial charge < -0.3 is 0 Å². The molecule has 0 saturated carbocycles. The summed E-state index contributed by atoms with van der Waals surface area (Å²) in [6.45, 7) is 1.32. The molecular formula is C24H19ClN2O3S. The molecule has 3 amide bonds. The number of anilines is 1. The Morgan fingerprint density at radius 2 is 1.42 bits per heavy atom. The maximum absolute atomic E-state index is 14.1. The molecule has 1 heterocycles. The van der Waals surface area contributed by atoms with E-state index in [2.05, 4.69) is 0 Å². The van der Waals surface area contributed by atoms with Crippen LogP contribution in [0.5, 0.6) is 0 Å². The molecule has 0 spiro atoms. The highest BCUT2D eigenvalue weighted by Gasteiger charge is 2.52. The zero-order valence-electron chi connectivity index (χ0n) is 16.7. The number of imide groups is 1. The van der Waals surface area contributed by atoms with Crippen molar-refractivity contribution in [3.8, 4) is 0 Å². The summed E-state index contributed by atoms with van der Waals surface area (Å²) in [5.41, 5.74) is 0.782. The van der Waals surface area contributed by atoms with E-state index in [1.165, 1.54) is 6.92 Å². The molecule has 5 nitrogen and oxygen atoms in total. The molecule has 1 aliphatic heterocycles. The van der Waals surface area contributed by atoms with Crippen molar-refractivity contribution in [2.45, 2.75) is 12.3 Å². The summed E-state index contributed by atoms with van der Waals surface area (Å²) in [6.07, 6.45) is 0. The lowest BCUT2D eigenvalue weighted by molar-refractivity contribution is -0.136. The van der Waals surface area contributed by atoms with Crippen LogP contribution in [0.1, 0.15) is 18.1 Å². The molecule has 0 aliphatic carbocycles. The van der Waals surface area contributed by atoms with Crippen LogP contribution >= 0.6 is 23.4 Å². The van der Waals surface area contributed by atoms with Crippen LogP contribution < -0.4 is 5.01 Å². The van der Waals surface area contributed by atoms with Gasteiger partial charge in [0.1, 0.15) is 5.41 Å². The van der Waals surface area contributed by atoms with Gasteiger partial charge in [-0.3, -0.25) is 14.4 Å². The first kappa shape index (κ1) is 21.2. The Bertz CT molecular complexity index is 1080. The highest BCUT2D eigenvalue weighted by Crippen LogP contribution is 2.43. The summed E-state index contributed by atoms with van der Waals surface area (Å²) in [7, 11) is 0. The molecule has 0 N–H and O–H groups in total. The average Bonchev–Trinajstić information content (AvgIpc) is 2.79. The zero-order valence-corrected chi connectivity index (χ0v) is 18.3. The van der Waals surface area contributed by atoms with Crippen LogP contribution in [0, 0.1) is 0 Å². The van der Waals surface area contributed by atoms with E-state index >= 15 is 0 Å². The average molecular weight is 451 g/mol. The Balaban J connectivity index is 1.90. The fourth-order valence-electron chi connectivity index (χ4n) is 3.78. The number of hydrogen-bond donors (Lipinski definition) is 0. The van der Waals surface area contributed by atoms with Crippen LogP contribution in [-0.2, 0) is 15.0 Å². The lowest BCUT2D eigenvalue weighted by Crippen LogP contribution is -2.61. The molecular weight excluding hydrogens is 432 g/mol. The minimum Gasteiger partial charge on any atom is -0.273 e. The number of hydrogen-bond acceptors (Lipinski definition) is 4. The topological polar surface area (TPSA) is 57.7 Å². The third kappa shape index (κ3) is 3.73. The van der Waals surface area contributed by atoms with E-state index in [1.54, 1.807) is 24.3 Å². The summed E-state index contributed by atoms with van der Waals surface area (Å²) in [5, 5.41) is 2.06. The van der Waals surface area contributed by atoms with E-state index in [0.717, 1.165) is 32.9 Å². The van der Waals surface area contributed by atoms with Gasteiger partial charge in [0.2, 0.25) is 5.91 Å². The van der Waals surface area contributed by atoms with Gasteiger partial charge in [0, 0.05) is 17.7 Å². The van der Waals surface area contributed by atoms with Crippen LogP contribution in [-0.4, -0.2) is 27.8 Å². The summed E-state index contributed by atoms with van der Waals surface area (Å²) in [4.78, 5) is 39.7. The van der Waals surface area contributed by atoms with Crippen molar-refractivity contribution < 1.29 is 14.4 Å². The second-order valence-electron chi connectivity index (χ2n) is 7.12. The predicted octanol–water partition coefficient (Wildman–Crippen LogP) is 5.29. The quantitative estimate of drug-likeness (QED) is 0.542. The number of carbonyl (C=O) groups is 3. The van der Waals surface area contributed by atoms with Crippen molar-refractivity contribution in [3.05, 3.63) is 101 Å². The Hall–Kier alpha value is -3.09. The van der Waals surface area contributed by atoms with Gasteiger partial charge in [-0.1, -0.05) is 84.0 Å². The molecule has 0 aromatic heterocycles. The number of thioether (sulfide) groups is 1. The Labute approximate surface area is 189 Å². The molecule has 1 saturated heterocycles. The molecule has 7 heteroatoms. The van der Waals surface area contributed by atoms with Crippen molar-refractivity contribution in [3.63, 3.8) is 0 Å². The second kappa shape index (κ2) is 8.57. The SMILES string of the molecule is CC(=O)N(c1ccc(Cl)cc1)N1C(=O)SCC(c2ccccc2)(c2ccccc2)C1=O. The molecule has 1 aliphatic rings. The Morgan fingerprint density at radius 3 is 1.90 bits per heavy atom. The number of hydrazine groups is 1. The van der Waals surface area contributed by atoms with Crippen molar-refractivity contribution in [1.82, 2.24) is 5.01 Å². The van der Waals surface area contributed by atoms with Crippen molar-refractivity contribution >= 4 is 46.1 Å². The molecule has 3 aromatic rings. The highest BCUT2D eigenvalue weighted by molar-refractivity contribution is 8.13. The van der Waals surface area contributed by atoms with Crippen LogP contribution in [0.3, 0.4) is 0 Å². The van der Waals surface area contributed by atoms with Crippen LogP contribution in [0.4, 0.5) is 10.5 Å². The summed E-state index contributed by atoms with van der Waals surface area (Å²) in [6, 6.07) is 25.1. The normalized spacial score (nSPS) is 15.6. The molecule has 3 aromatic carbocycles. The van der Waals surface area contributed by atoms with Crippen LogP contribution in [0.15, 0.2) is 84.9 Å². The second-order valence-corrected chi connectivity index (χ2v) is 8.48. The fourth-order valence-corrected chi connectivity index (χ4v) is 4.98. The molecule has 0 radical (unpaired) electrons. The van der Waals surface area contributed by atoms with E-state index in [0.29, 0.717) is 10.7 Å². The van der Waals surface area contributed by atoms with E-state index in [1.807, 2.05) is 60.7 Å². The first-order valence-electron chi connectivity index (χ1n) is 9.63. The molecule has 0 atom stereocenters. The number of rotatable bonds is 4. The first-order valence-corrected chi connectivity index (χ1v) is 11.0. The lowest BCUT2D eigenvalue weighted by atomic mass is 9.75. The number of benzene rings is 3. The molecule has 156 valence electrons. The molecule has 31 heavy (non-hydrogen) atoms. The molecule has 0 unspecified atom stereocenters. The van der Waals surface area contributed by atoms with Gasteiger partial charge >= 0.3 is 5.24 Å². The zero-order chi connectivity index (χ0) is 22.0. The largest absolute Gasteiger partial charge is 0.307 e. The predicted molar refractivity (Wildman–Crippen MR) is 123 cm³/mol. The monoisotopic (exact) mass is 450 g/mol. The molecule has 4 rings (SSSR count). The van der Waals surface area contributed by atoms with Gasteiger partial charge in [0.15, 0.2) is 0 Å². The first-order chi connectivity index (χ1) is 14.9. The molecule has 0 bridgehead atoms.